The van der Waals surface area contributed by atoms with E-state index in [-0.39, 0.29) is 17.5 Å². The number of hydrogen-bond donors (Lipinski definition) is 1. The van der Waals surface area contributed by atoms with Crippen LogP contribution in [0.5, 0.6) is 0 Å². The Hall–Kier alpha value is -1.09. The summed E-state index contributed by atoms with van der Waals surface area (Å²) < 4.78 is 0. The number of hydrogen-bond acceptors (Lipinski definition) is 3. The minimum Gasteiger partial charge on any atom is -0.507 e. The van der Waals surface area contributed by atoms with Crippen molar-refractivity contribution in [3.63, 3.8) is 0 Å². The van der Waals surface area contributed by atoms with E-state index in [9.17, 15) is 9.90 Å². The predicted octanol–water partition coefficient (Wildman–Crippen LogP) is 2.87. The molecular weight excluding hydrogens is 184 g/mol. The summed E-state index contributed by atoms with van der Waals surface area (Å²) in [4.78, 5) is 12.3. The average molecular weight is 194 g/mol. The standard InChI is InChI=1S/C10H10O2S/c1-6(11)10-8(4-5-13-10)9(12)7-2-3-7/h4-5,7,11H,1-3H2. The van der Waals surface area contributed by atoms with E-state index in [1.807, 2.05) is 5.38 Å². The van der Waals surface area contributed by atoms with Crippen LogP contribution < -0.4 is 0 Å². The second-order valence-electron chi connectivity index (χ2n) is 3.25. The molecule has 0 saturated heterocycles. The van der Waals surface area contributed by atoms with E-state index < -0.39 is 0 Å². The van der Waals surface area contributed by atoms with Crippen molar-refractivity contribution in [2.45, 2.75) is 12.8 Å². The van der Waals surface area contributed by atoms with E-state index >= 15 is 0 Å². The van der Waals surface area contributed by atoms with Crippen LogP contribution in [-0.4, -0.2) is 10.9 Å². The summed E-state index contributed by atoms with van der Waals surface area (Å²) in [6.07, 6.45) is 1.98. The van der Waals surface area contributed by atoms with Crippen LogP contribution in [0.3, 0.4) is 0 Å². The van der Waals surface area contributed by atoms with E-state index in [0.717, 1.165) is 12.8 Å². The summed E-state index contributed by atoms with van der Waals surface area (Å²) >= 11 is 1.36. The van der Waals surface area contributed by atoms with Gasteiger partial charge in [-0.05, 0) is 24.3 Å². The number of rotatable bonds is 3. The lowest BCUT2D eigenvalue weighted by Crippen LogP contribution is -2.01. The van der Waals surface area contributed by atoms with Gasteiger partial charge in [-0.3, -0.25) is 4.79 Å². The number of thiophene rings is 1. The molecule has 1 saturated carbocycles. The maximum atomic E-state index is 11.6. The molecule has 0 atom stereocenters. The maximum absolute atomic E-state index is 11.6. The molecule has 2 nitrogen and oxygen atoms in total. The zero-order valence-electron chi connectivity index (χ0n) is 7.12. The van der Waals surface area contributed by atoms with Crippen molar-refractivity contribution in [3.8, 4) is 0 Å². The first-order valence-electron chi connectivity index (χ1n) is 4.20. The SMILES string of the molecule is C=C(O)c1sccc1C(=O)C1CC1. The fraction of sp³-hybridized carbons (Fsp3) is 0.300. The first-order chi connectivity index (χ1) is 6.20. The Morgan fingerprint density at radius 3 is 2.85 bits per heavy atom. The van der Waals surface area contributed by atoms with Crippen LogP contribution in [0.1, 0.15) is 28.1 Å². The van der Waals surface area contributed by atoms with Gasteiger partial charge in [-0.1, -0.05) is 6.58 Å². The molecule has 1 heterocycles. The van der Waals surface area contributed by atoms with Crippen molar-refractivity contribution < 1.29 is 9.90 Å². The molecular formula is C10H10O2S. The van der Waals surface area contributed by atoms with Crippen molar-refractivity contribution in [2.24, 2.45) is 5.92 Å². The molecule has 2 rings (SSSR count). The molecule has 3 heteroatoms. The molecule has 0 bridgehead atoms. The monoisotopic (exact) mass is 194 g/mol. The van der Waals surface area contributed by atoms with Gasteiger partial charge in [0, 0.05) is 11.5 Å². The zero-order chi connectivity index (χ0) is 9.42. The van der Waals surface area contributed by atoms with Crippen molar-refractivity contribution in [3.05, 3.63) is 28.5 Å². The molecule has 13 heavy (non-hydrogen) atoms. The van der Waals surface area contributed by atoms with Gasteiger partial charge in [-0.15, -0.1) is 11.3 Å². The second kappa shape index (κ2) is 3.00. The second-order valence-corrected chi connectivity index (χ2v) is 4.16. The highest BCUT2D eigenvalue weighted by Gasteiger charge is 2.32. The van der Waals surface area contributed by atoms with Gasteiger partial charge >= 0.3 is 0 Å². The Balaban J connectivity index is 2.33. The van der Waals surface area contributed by atoms with Gasteiger partial charge in [0.15, 0.2) is 5.78 Å². The summed E-state index contributed by atoms with van der Waals surface area (Å²) in [7, 11) is 0. The van der Waals surface area contributed by atoms with Gasteiger partial charge in [0.05, 0.1) is 4.88 Å². The summed E-state index contributed by atoms with van der Waals surface area (Å²) in [5.74, 6) is 0.359. The van der Waals surface area contributed by atoms with Gasteiger partial charge in [0.2, 0.25) is 0 Å². The van der Waals surface area contributed by atoms with Crippen molar-refractivity contribution >= 4 is 22.9 Å². The van der Waals surface area contributed by atoms with Gasteiger partial charge < -0.3 is 5.11 Å². The maximum Gasteiger partial charge on any atom is 0.167 e. The lowest BCUT2D eigenvalue weighted by molar-refractivity contribution is 0.0967. The van der Waals surface area contributed by atoms with Crippen LogP contribution in [0.4, 0.5) is 0 Å². The van der Waals surface area contributed by atoms with E-state index in [2.05, 4.69) is 6.58 Å². The number of aliphatic hydroxyl groups is 1. The minimum absolute atomic E-state index is 0.000926. The van der Waals surface area contributed by atoms with Crippen LogP contribution >= 0.6 is 11.3 Å². The molecule has 1 N–H and O–H groups in total. The van der Waals surface area contributed by atoms with Gasteiger partial charge in [-0.25, -0.2) is 0 Å². The van der Waals surface area contributed by atoms with Crippen LogP contribution in [0.15, 0.2) is 18.0 Å². The van der Waals surface area contributed by atoms with Crippen LogP contribution in [0, 0.1) is 5.92 Å². The van der Waals surface area contributed by atoms with Crippen LogP contribution in [0.25, 0.3) is 5.76 Å². The molecule has 1 aliphatic rings. The highest BCUT2D eigenvalue weighted by Crippen LogP contribution is 2.35. The number of aliphatic hydroxyl groups excluding tert-OH is 1. The predicted molar refractivity (Wildman–Crippen MR) is 53.0 cm³/mol. The van der Waals surface area contributed by atoms with Crippen molar-refractivity contribution in [1.29, 1.82) is 0 Å². The Kier molecular flexibility index (Phi) is 1.96. The highest BCUT2D eigenvalue weighted by atomic mass is 32.1. The zero-order valence-corrected chi connectivity index (χ0v) is 7.93. The Morgan fingerprint density at radius 2 is 2.31 bits per heavy atom. The van der Waals surface area contributed by atoms with E-state index in [1.54, 1.807) is 6.07 Å². The summed E-state index contributed by atoms with van der Waals surface area (Å²) in [5.41, 5.74) is 0.639. The molecule has 0 radical (unpaired) electrons. The lowest BCUT2D eigenvalue weighted by Gasteiger charge is -1.99. The molecule has 68 valence electrons. The third-order valence-electron chi connectivity index (χ3n) is 2.14. The van der Waals surface area contributed by atoms with Gasteiger partial charge in [-0.2, -0.15) is 0 Å². The molecule has 0 aliphatic heterocycles. The first kappa shape index (κ1) is 8.51. The molecule has 1 aromatic rings. The molecule has 1 aromatic heterocycles. The van der Waals surface area contributed by atoms with Crippen molar-refractivity contribution in [1.82, 2.24) is 0 Å². The molecule has 0 unspecified atom stereocenters. The molecule has 0 amide bonds. The number of carbonyl (C=O) groups excluding carboxylic acids is 1. The molecule has 0 spiro atoms. The Bertz CT molecular complexity index is 361. The minimum atomic E-state index is -0.000926. The van der Waals surface area contributed by atoms with Crippen molar-refractivity contribution in [2.75, 3.05) is 0 Å². The molecule has 0 aromatic carbocycles. The van der Waals surface area contributed by atoms with Crippen LogP contribution in [-0.2, 0) is 0 Å². The van der Waals surface area contributed by atoms with E-state index in [0.29, 0.717) is 10.4 Å². The molecule has 1 fully saturated rings. The van der Waals surface area contributed by atoms with Gasteiger partial charge in [0.1, 0.15) is 5.76 Å². The smallest absolute Gasteiger partial charge is 0.167 e. The number of carbonyl (C=O) groups is 1. The largest absolute Gasteiger partial charge is 0.507 e. The molecule has 1 aliphatic carbocycles. The lowest BCUT2D eigenvalue weighted by atomic mass is 10.1. The fourth-order valence-electron chi connectivity index (χ4n) is 1.29. The normalized spacial score (nSPS) is 15.7. The summed E-state index contributed by atoms with van der Waals surface area (Å²) in [5, 5.41) is 11.0. The number of ketones is 1. The topological polar surface area (TPSA) is 37.3 Å². The first-order valence-corrected chi connectivity index (χ1v) is 5.08. The highest BCUT2D eigenvalue weighted by molar-refractivity contribution is 7.11. The van der Waals surface area contributed by atoms with Crippen LogP contribution in [0.2, 0.25) is 0 Å². The summed E-state index contributed by atoms with van der Waals surface area (Å²) in [6.45, 7) is 3.43. The third kappa shape index (κ3) is 1.52. The fourth-order valence-corrected chi connectivity index (χ4v) is 2.06. The quantitative estimate of drug-likeness (QED) is 0.593. The number of Topliss-reactive ketones (excluding diaryl/α,β-unsaturated/α-hetero) is 1. The Morgan fingerprint density at radius 1 is 1.62 bits per heavy atom. The Labute approximate surface area is 80.5 Å². The van der Waals surface area contributed by atoms with E-state index in [4.69, 9.17) is 0 Å². The third-order valence-corrected chi connectivity index (χ3v) is 3.10. The average Bonchev–Trinajstić information content (AvgIpc) is 2.80. The van der Waals surface area contributed by atoms with Gasteiger partial charge in [0.25, 0.3) is 0 Å². The van der Waals surface area contributed by atoms with E-state index in [1.165, 1.54) is 11.3 Å². The summed E-state index contributed by atoms with van der Waals surface area (Å²) in [6, 6.07) is 1.77.